The Kier molecular flexibility index (Phi) is 6.21. The lowest BCUT2D eigenvalue weighted by molar-refractivity contribution is -0.117. The molecule has 3 nitrogen and oxygen atoms in total. The van der Waals surface area contributed by atoms with Crippen molar-refractivity contribution in [3.05, 3.63) is 60.2 Å². The summed E-state index contributed by atoms with van der Waals surface area (Å²) in [6.07, 6.45) is 1.83. The molecule has 0 fully saturated rings. The highest BCUT2D eigenvalue weighted by Gasteiger charge is 2.19. The van der Waals surface area contributed by atoms with E-state index in [4.69, 9.17) is 0 Å². The molecule has 23 heavy (non-hydrogen) atoms. The van der Waals surface area contributed by atoms with Gasteiger partial charge in [-0.1, -0.05) is 49.7 Å². The minimum atomic E-state index is -0.103. The van der Waals surface area contributed by atoms with Gasteiger partial charge in [0.05, 0.1) is 5.92 Å². The predicted molar refractivity (Wildman–Crippen MR) is 98.1 cm³/mol. The molecule has 0 saturated carbocycles. The maximum atomic E-state index is 12.7. The third kappa shape index (κ3) is 4.59. The Hall–Kier alpha value is -2.29. The van der Waals surface area contributed by atoms with Gasteiger partial charge in [-0.2, -0.15) is 0 Å². The summed E-state index contributed by atoms with van der Waals surface area (Å²) in [4.78, 5) is 14.9. The molecule has 0 bridgehead atoms. The molecule has 0 radical (unpaired) electrons. The molecule has 3 heteroatoms. The fourth-order valence-electron chi connectivity index (χ4n) is 2.66. The van der Waals surface area contributed by atoms with Gasteiger partial charge in [-0.3, -0.25) is 4.79 Å². The van der Waals surface area contributed by atoms with Crippen LogP contribution in [0.5, 0.6) is 0 Å². The zero-order valence-corrected chi connectivity index (χ0v) is 14.3. The van der Waals surface area contributed by atoms with Gasteiger partial charge < -0.3 is 10.2 Å². The van der Waals surface area contributed by atoms with Gasteiger partial charge in [-0.05, 0) is 37.1 Å². The summed E-state index contributed by atoms with van der Waals surface area (Å²) in [5.41, 5.74) is 3.04. The van der Waals surface area contributed by atoms with Crippen molar-refractivity contribution >= 4 is 17.3 Å². The average molecular weight is 310 g/mol. The zero-order valence-electron chi connectivity index (χ0n) is 14.3. The van der Waals surface area contributed by atoms with Crippen molar-refractivity contribution < 1.29 is 4.79 Å². The molecule has 1 amide bonds. The Morgan fingerprint density at radius 3 is 2.48 bits per heavy atom. The van der Waals surface area contributed by atoms with E-state index in [-0.39, 0.29) is 11.8 Å². The Labute approximate surface area is 139 Å². The summed E-state index contributed by atoms with van der Waals surface area (Å²) in [5.74, 6) is -0.0388. The summed E-state index contributed by atoms with van der Waals surface area (Å²) in [7, 11) is 2.05. The fraction of sp³-hybridized carbons (Fsp3) is 0.350. The normalized spacial score (nSPS) is 11.8. The molecule has 0 aliphatic carbocycles. The quantitative estimate of drug-likeness (QED) is 0.806. The van der Waals surface area contributed by atoms with Gasteiger partial charge in [0.1, 0.15) is 0 Å². The summed E-state index contributed by atoms with van der Waals surface area (Å²) < 4.78 is 0. The van der Waals surface area contributed by atoms with Crippen LogP contribution in [0, 0.1) is 0 Å². The van der Waals surface area contributed by atoms with E-state index in [1.807, 2.05) is 55.6 Å². The molecule has 2 rings (SSSR count). The van der Waals surface area contributed by atoms with Crippen LogP contribution in [0.25, 0.3) is 0 Å². The first-order chi connectivity index (χ1) is 11.2. The number of hydrogen-bond acceptors (Lipinski definition) is 2. The van der Waals surface area contributed by atoms with Crippen LogP contribution in [-0.4, -0.2) is 19.5 Å². The van der Waals surface area contributed by atoms with E-state index in [1.165, 1.54) is 0 Å². The number of anilines is 2. The number of amides is 1. The topological polar surface area (TPSA) is 32.3 Å². The molecule has 0 heterocycles. The monoisotopic (exact) mass is 310 g/mol. The summed E-state index contributed by atoms with van der Waals surface area (Å²) in [6.45, 7) is 5.15. The third-order valence-corrected chi connectivity index (χ3v) is 4.12. The number of nitrogens with one attached hydrogen (secondary N) is 1. The molecule has 0 aromatic heterocycles. The van der Waals surface area contributed by atoms with Crippen LogP contribution in [0.3, 0.4) is 0 Å². The summed E-state index contributed by atoms with van der Waals surface area (Å²) in [6, 6.07) is 18.0. The molecule has 1 N–H and O–H groups in total. The average Bonchev–Trinajstić information content (AvgIpc) is 2.59. The number of rotatable bonds is 7. The Morgan fingerprint density at radius 1 is 1.09 bits per heavy atom. The minimum Gasteiger partial charge on any atom is -0.375 e. The Morgan fingerprint density at radius 2 is 1.83 bits per heavy atom. The summed E-state index contributed by atoms with van der Waals surface area (Å²) in [5, 5.41) is 3.08. The van der Waals surface area contributed by atoms with Gasteiger partial charge >= 0.3 is 0 Å². The first kappa shape index (κ1) is 17.1. The smallest absolute Gasteiger partial charge is 0.231 e. The molecular formula is C20H26N2O. The second-order valence-corrected chi connectivity index (χ2v) is 5.81. The van der Waals surface area contributed by atoms with Gasteiger partial charge in [-0.25, -0.2) is 0 Å². The number of nitrogens with zero attached hydrogens (tertiary/aromatic N) is 1. The minimum absolute atomic E-state index is 0.0642. The number of carbonyl (C=O) groups excluding carboxylic acids is 1. The number of benzene rings is 2. The van der Waals surface area contributed by atoms with Crippen LogP contribution < -0.4 is 10.2 Å². The maximum Gasteiger partial charge on any atom is 0.231 e. The van der Waals surface area contributed by atoms with Crippen LogP contribution in [-0.2, 0) is 4.79 Å². The standard InChI is InChI=1S/C20H26N2O/c1-4-10-19(16-11-7-6-8-12-16)20(23)21-17-13-9-14-18(15-17)22(3)5-2/h6-9,11-15,19H,4-5,10H2,1-3H3,(H,21,23). The number of carbonyl (C=O) groups is 1. The van der Waals surface area contributed by atoms with E-state index >= 15 is 0 Å². The van der Waals surface area contributed by atoms with E-state index in [0.29, 0.717) is 0 Å². The van der Waals surface area contributed by atoms with Gasteiger partial charge in [0.15, 0.2) is 0 Å². The molecule has 2 aromatic rings. The lowest BCUT2D eigenvalue weighted by Crippen LogP contribution is -2.21. The number of hydrogen-bond donors (Lipinski definition) is 1. The molecule has 0 aliphatic rings. The predicted octanol–water partition coefficient (Wildman–Crippen LogP) is 4.67. The highest BCUT2D eigenvalue weighted by Crippen LogP contribution is 2.24. The first-order valence-corrected chi connectivity index (χ1v) is 8.32. The third-order valence-electron chi connectivity index (χ3n) is 4.12. The van der Waals surface area contributed by atoms with Crippen molar-refractivity contribution in [3.8, 4) is 0 Å². The first-order valence-electron chi connectivity index (χ1n) is 8.32. The highest BCUT2D eigenvalue weighted by molar-refractivity contribution is 5.96. The molecular weight excluding hydrogens is 284 g/mol. The van der Waals surface area contributed by atoms with Crippen molar-refractivity contribution in [2.45, 2.75) is 32.6 Å². The van der Waals surface area contributed by atoms with Crippen molar-refractivity contribution in [1.29, 1.82) is 0 Å². The van der Waals surface area contributed by atoms with Crippen LogP contribution in [0.15, 0.2) is 54.6 Å². The molecule has 0 saturated heterocycles. The SMILES string of the molecule is CCCC(C(=O)Nc1cccc(N(C)CC)c1)c1ccccc1. The second kappa shape index (κ2) is 8.37. The van der Waals surface area contributed by atoms with E-state index in [1.54, 1.807) is 0 Å². The molecule has 0 spiro atoms. The fourth-order valence-corrected chi connectivity index (χ4v) is 2.66. The van der Waals surface area contributed by atoms with Gasteiger partial charge in [-0.15, -0.1) is 0 Å². The molecule has 2 aromatic carbocycles. The van der Waals surface area contributed by atoms with Gasteiger partial charge in [0.2, 0.25) is 5.91 Å². The van der Waals surface area contributed by atoms with Crippen LogP contribution >= 0.6 is 0 Å². The van der Waals surface area contributed by atoms with Crippen LogP contribution in [0.2, 0.25) is 0 Å². The Balaban J connectivity index is 2.16. The maximum absolute atomic E-state index is 12.7. The molecule has 1 atom stereocenters. The van der Waals surface area contributed by atoms with Crippen LogP contribution in [0.1, 0.15) is 38.2 Å². The second-order valence-electron chi connectivity index (χ2n) is 5.81. The van der Waals surface area contributed by atoms with Crippen molar-refractivity contribution in [3.63, 3.8) is 0 Å². The lowest BCUT2D eigenvalue weighted by Gasteiger charge is -2.19. The van der Waals surface area contributed by atoms with Gasteiger partial charge in [0.25, 0.3) is 0 Å². The van der Waals surface area contributed by atoms with Gasteiger partial charge in [0, 0.05) is 25.0 Å². The van der Waals surface area contributed by atoms with Crippen LogP contribution in [0.4, 0.5) is 11.4 Å². The Bertz CT molecular complexity index is 625. The zero-order chi connectivity index (χ0) is 16.7. The summed E-state index contributed by atoms with van der Waals surface area (Å²) >= 11 is 0. The van der Waals surface area contributed by atoms with E-state index in [0.717, 1.165) is 36.3 Å². The lowest BCUT2D eigenvalue weighted by atomic mass is 9.93. The molecule has 122 valence electrons. The largest absolute Gasteiger partial charge is 0.375 e. The van der Waals surface area contributed by atoms with Crippen molar-refractivity contribution in [2.24, 2.45) is 0 Å². The van der Waals surface area contributed by atoms with E-state index < -0.39 is 0 Å². The van der Waals surface area contributed by atoms with E-state index in [2.05, 4.69) is 30.1 Å². The van der Waals surface area contributed by atoms with E-state index in [9.17, 15) is 4.79 Å². The molecule has 1 unspecified atom stereocenters. The molecule has 0 aliphatic heterocycles. The van der Waals surface area contributed by atoms with Crippen molar-refractivity contribution in [2.75, 3.05) is 23.8 Å². The van der Waals surface area contributed by atoms with Crippen molar-refractivity contribution in [1.82, 2.24) is 0 Å². The highest BCUT2D eigenvalue weighted by atomic mass is 16.1.